The highest BCUT2D eigenvalue weighted by Crippen LogP contribution is 2.32. The molecule has 2 N–H and O–H groups in total. The van der Waals surface area contributed by atoms with Crippen molar-refractivity contribution in [2.24, 2.45) is 11.8 Å². The lowest BCUT2D eigenvalue weighted by Gasteiger charge is -2.33. The molecule has 112 valence electrons. The molecule has 0 aliphatic heterocycles. The molecule has 1 fully saturated rings. The molecule has 21 heavy (non-hydrogen) atoms. The van der Waals surface area contributed by atoms with Crippen LogP contribution in [0.5, 0.6) is 0 Å². The van der Waals surface area contributed by atoms with Crippen molar-refractivity contribution >= 4 is 22.7 Å². The van der Waals surface area contributed by atoms with E-state index in [-0.39, 0.29) is 0 Å². The summed E-state index contributed by atoms with van der Waals surface area (Å²) < 4.78 is 0. The van der Waals surface area contributed by atoms with Crippen molar-refractivity contribution in [3.05, 3.63) is 24.3 Å². The van der Waals surface area contributed by atoms with E-state index in [9.17, 15) is 0 Å². The third-order valence-electron chi connectivity index (χ3n) is 4.77. The Kier molecular flexibility index (Phi) is 3.95. The van der Waals surface area contributed by atoms with E-state index in [0.29, 0.717) is 12.0 Å². The van der Waals surface area contributed by atoms with Crippen LogP contribution in [0.2, 0.25) is 0 Å². The number of aromatic nitrogens is 2. The number of nitrogens with one attached hydrogen (secondary N) is 2. The number of hydrogen-bond donors (Lipinski definition) is 2. The van der Waals surface area contributed by atoms with Gasteiger partial charge in [0, 0.05) is 18.5 Å². The van der Waals surface area contributed by atoms with Crippen LogP contribution in [0.4, 0.5) is 11.8 Å². The van der Waals surface area contributed by atoms with Crippen LogP contribution in [0.15, 0.2) is 24.3 Å². The largest absolute Gasteiger partial charge is 0.367 e. The molecule has 1 saturated carbocycles. The van der Waals surface area contributed by atoms with Gasteiger partial charge in [-0.05, 0) is 43.2 Å². The summed E-state index contributed by atoms with van der Waals surface area (Å²) in [6.45, 7) is 4.72. The maximum atomic E-state index is 4.62. The minimum atomic E-state index is 0.513. The Balaban J connectivity index is 1.89. The summed E-state index contributed by atoms with van der Waals surface area (Å²) >= 11 is 0. The van der Waals surface area contributed by atoms with E-state index in [2.05, 4.69) is 40.5 Å². The van der Waals surface area contributed by atoms with Gasteiger partial charge in [0.25, 0.3) is 0 Å². The van der Waals surface area contributed by atoms with Crippen molar-refractivity contribution in [3.63, 3.8) is 0 Å². The minimum absolute atomic E-state index is 0.513. The first-order valence-electron chi connectivity index (χ1n) is 7.88. The predicted octanol–water partition coefficient (Wildman–Crippen LogP) is 3.91. The fraction of sp³-hybridized carbons (Fsp3) is 0.529. The Morgan fingerprint density at radius 1 is 1.05 bits per heavy atom. The van der Waals surface area contributed by atoms with Crippen molar-refractivity contribution in [1.29, 1.82) is 0 Å². The number of anilines is 2. The lowest BCUT2D eigenvalue weighted by Crippen LogP contribution is -2.30. The molecule has 0 spiro atoms. The monoisotopic (exact) mass is 284 g/mol. The van der Waals surface area contributed by atoms with Crippen LogP contribution in [0.3, 0.4) is 0 Å². The van der Waals surface area contributed by atoms with Crippen molar-refractivity contribution in [2.45, 2.75) is 39.2 Å². The summed E-state index contributed by atoms with van der Waals surface area (Å²) in [5.74, 6) is 3.23. The van der Waals surface area contributed by atoms with Gasteiger partial charge < -0.3 is 10.6 Å². The van der Waals surface area contributed by atoms with Gasteiger partial charge >= 0.3 is 0 Å². The van der Waals surface area contributed by atoms with Crippen molar-refractivity contribution in [1.82, 2.24) is 9.97 Å². The third kappa shape index (κ3) is 2.94. The van der Waals surface area contributed by atoms with E-state index in [4.69, 9.17) is 0 Å². The van der Waals surface area contributed by atoms with Gasteiger partial charge in [0.15, 0.2) is 0 Å². The van der Waals surface area contributed by atoms with E-state index < -0.39 is 0 Å². The number of hydrogen-bond acceptors (Lipinski definition) is 4. The van der Waals surface area contributed by atoms with Crippen molar-refractivity contribution < 1.29 is 0 Å². The molecule has 1 aliphatic rings. The van der Waals surface area contributed by atoms with Crippen molar-refractivity contribution in [3.8, 4) is 0 Å². The highest BCUT2D eigenvalue weighted by Gasteiger charge is 2.25. The highest BCUT2D eigenvalue weighted by atomic mass is 15.1. The van der Waals surface area contributed by atoms with Gasteiger partial charge in [-0.15, -0.1) is 0 Å². The third-order valence-corrected chi connectivity index (χ3v) is 4.77. The molecule has 4 heteroatoms. The molecular formula is C17H24N4. The highest BCUT2D eigenvalue weighted by molar-refractivity contribution is 5.90. The maximum absolute atomic E-state index is 4.62. The van der Waals surface area contributed by atoms with E-state index >= 15 is 0 Å². The Hall–Kier alpha value is -1.84. The van der Waals surface area contributed by atoms with Gasteiger partial charge in [0.2, 0.25) is 5.95 Å². The predicted molar refractivity (Wildman–Crippen MR) is 88.7 cm³/mol. The Labute approximate surface area is 126 Å². The first-order valence-corrected chi connectivity index (χ1v) is 7.88. The average molecular weight is 284 g/mol. The second-order valence-corrected chi connectivity index (χ2v) is 6.27. The molecule has 1 aromatic carbocycles. The molecule has 0 radical (unpaired) electrons. The number of rotatable bonds is 3. The summed E-state index contributed by atoms with van der Waals surface area (Å²) in [5, 5.41) is 7.81. The molecule has 0 bridgehead atoms. The van der Waals surface area contributed by atoms with Crippen LogP contribution in [0.1, 0.15) is 33.1 Å². The SMILES string of the molecule is CNc1nc(NC2CCC(C)C(C)C2)c2ccccc2n1. The molecule has 1 heterocycles. The molecule has 3 atom stereocenters. The Bertz CT molecular complexity index is 625. The van der Waals surface area contributed by atoms with Crippen molar-refractivity contribution in [2.75, 3.05) is 17.7 Å². The molecule has 2 aromatic rings. The van der Waals surface area contributed by atoms with Gasteiger partial charge in [0.1, 0.15) is 5.82 Å². The lowest BCUT2D eigenvalue weighted by molar-refractivity contribution is 0.260. The zero-order valence-corrected chi connectivity index (χ0v) is 13.1. The van der Waals surface area contributed by atoms with E-state index in [1.165, 1.54) is 19.3 Å². The fourth-order valence-corrected chi connectivity index (χ4v) is 3.17. The van der Waals surface area contributed by atoms with Gasteiger partial charge in [0.05, 0.1) is 5.52 Å². The first-order chi connectivity index (χ1) is 10.2. The van der Waals surface area contributed by atoms with Gasteiger partial charge in [-0.1, -0.05) is 26.0 Å². The standard InChI is InChI=1S/C17H24N4/c1-11-8-9-13(10-12(11)2)19-16-14-6-4-5-7-15(14)20-17(18-3)21-16/h4-7,11-13H,8-10H2,1-3H3,(H2,18,19,20,21). The summed E-state index contributed by atoms with van der Waals surface area (Å²) in [5.41, 5.74) is 0.983. The number of para-hydroxylation sites is 1. The van der Waals surface area contributed by atoms with E-state index in [1.807, 2.05) is 25.2 Å². The second kappa shape index (κ2) is 5.88. The summed E-state index contributed by atoms with van der Waals surface area (Å²) in [6.07, 6.45) is 3.73. The normalized spacial score (nSPS) is 25.8. The summed E-state index contributed by atoms with van der Waals surface area (Å²) in [7, 11) is 1.86. The van der Waals surface area contributed by atoms with Crippen LogP contribution in [0, 0.1) is 11.8 Å². The van der Waals surface area contributed by atoms with Gasteiger partial charge in [-0.2, -0.15) is 4.98 Å². The van der Waals surface area contributed by atoms with Crippen LogP contribution in [0.25, 0.3) is 10.9 Å². The van der Waals surface area contributed by atoms with Crippen LogP contribution < -0.4 is 10.6 Å². The Morgan fingerprint density at radius 3 is 2.62 bits per heavy atom. The van der Waals surface area contributed by atoms with Gasteiger partial charge in [-0.3, -0.25) is 0 Å². The van der Waals surface area contributed by atoms with Crippen LogP contribution in [-0.4, -0.2) is 23.1 Å². The number of fused-ring (bicyclic) bond motifs is 1. The van der Waals surface area contributed by atoms with Crippen LogP contribution >= 0.6 is 0 Å². The average Bonchev–Trinajstić information content (AvgIpc) is 2.51. The fourth-order valence-electron chi connectivity index (χ4n) is 3.17. The minimum Gasteiger partial charge on any atom is -0.367 e. The zero-order chi connectivity index (χ0) is 14.8. The quantitative estimate of drug-likeness (QED) is 0.897. The first kappa shape index (κ1) is 14.1. The van der Waals surface area contributed by atoms with Gasteiger partial charge in [-0.25, -0.2) is 4.98 Å². The summed E-state index contributed by atoms with van der Waals surface area (Å²) in [6, 6.07) is 8.70. The number of benzene rings is 1. The zero-order valence-electron chi connectivity index (χ0n) is 13.1. The molecule has 4 nitrogen and oxygen atoms in total. The maximum Gasteiger partial charge on any atom is 0.224 e. The second-order valence-electron chi connectivity index (χ2n) is 6.27. The molecule has 3 rings (SSSR count). The summed E-state index contributed by atoms with van der Waals surface area (Å²) in [4.78, 5) is 9.14. The molecular weight excluding hydrogens is 260 g/mol. The topological polar surface area (TPSA) is 49.8 Å². The Morgan fingerprint density at radius 2 is 1.86 bits per heavy atom. The lowest BCUT2D eigenvalue weighted by atomic mass is 9.79. The van der Waals surface area contributed by atoms with Crippen LogP contribution in [-0.2, 0) is 0 Å². The smallest absolute Gasteiger partial charge is 0.224 e. The number of nitrogens with zero attached hydrogens (tertiary/aromatic N) is 2. The molecule has 1 aromatic heterocycles. The molecule has 0 saturated heterocycles. The molecule has 3 unspecified atom stereocenters. The van der Waals surface area contributed by atoms with E-state index in [1.54, 1.807) is 0 Å². The van der Waals surface area contributed by atoms with E-state index in [0.717, 1.165) is 28.6 Å². The molecule has 0 amide bonds. The molecule has 1 aliphatic carbocycles.